The molecule has 1 N–H and O–H groups in total. The van der Waals surface area contributed by atoms with Gasteiger partial charge in [-0.1, -0.05) is 13.3 Å². The molecule has 4 heterocycles. The highest BCUT2D eigenvalue weighted by molar-refractivity contribution is 7.12. The van der Waals surface area contributed by atoms with E-state index in [1.54, 1.807) is 16.3 Å². The molecule has 0 bridgehead atoms. The van der Waals surface area contributed by atoms with E-state index in [2.05, 4.69) is 17.3 Å². The van der Waals surface area contributed by atoms with E-state index in [0.717, 1.165) is 25.8 Å². The number of hydrogen-bond donors (Lipinski definition) is 1. The number of rotatable bonds is 8. The topological polar surface area (TPSA) is 90.0 Å². The summed E-state index contributed by atoms with van der Waals surface area (Å²) in [7, 11) is 2.11. The molecule has 9 heteroatoms. The fourth-order valence-corrected chi connectivity index (χ4v) is 6.69. The second-order valence-corrected chi connectivity index (χ2v) is 10.9. The molecule has 1 aromatic heterocycles. The average molecular weight is 489 g/mol. The van der Waals surface area contributed by atoms with Gasteiger partial charge in [0, 0.05) is 31.1 Å². The zero-order chi connectivity index (χ0) is 24.5. The average Bonchev–Trinajstić information content (AvgIpc) is 3.52. The maximum atomic E-state index is 13.6. The van der Waals surface area contributed by atoms with Crippen molar-refractivity contribution in [1.29, 1.82) is 0 Å². The maximum absolute atomic E-state index is 13.6. The SMILES string of the molecule is CCC[C@@]1(C2CCN(C(=O)c3csc(C(C)=O)c3)CC2)NC(=O)N(CC[C@H]2CCCN2C)C1=O. The Morgan fingerprint density at radius 2 is 1.91 bits per heavy atom. The zero-order valence-corrected chi connectivity index (χ0v) is 21.3. The molecule has 4 rings (SSSR count). The summed E-state index contributed by atoms with van der Waals surface area (Å²) in [6.07, 6.45) is 5.84. The van der Waals surface area contributed by atoms with Crippen molar-refractivity contribution in [1.82, 2.24) is 20.0 Å². The van der Waals surface area contributed by atoms with Crippen LogP contribution in [-0.4, -0.2) is 83.1 Å². The van der Waals surface area contributed by atoms with E-state index in [1.165, 1.54) is 29.6 Å². The van der Waals surface area contributed by atoms with Crippen molar-refractivity contribution < 1.29 is 19.2 Å². The molecular weight excluding hydrogens is 452 g/mol. The quantitative estimate of drug-likeness (QED) is 0.448. The third kappa shape index (κ3) is 4.64. The van der Waals surface area contributed by atoms with Crippen molar-refractivity contribution in [3.8, 4) is 0 Å². The van der Waals surface area contributed by atoms with E-state index in [-0.39, 0.29) is 29.5 Å². The van der Waals surface area contributed by atoms with E-state index in [4.69, 9.17) is 0 Å². The van der Waals surface area contributed by atoms with Crippen LogP contribution in [0.25, 0.3) is 0 Å². The Morgan fingerprint density at radius 3 is 2.50 bits per heavy atom. The zero-order valence-electron chi connectivity index (χ0n) is 20.5. The van der Waals surface area contributed by atoms with Gasteiger partial charge in [-0.2, -0.15) is 0 Å². The second-order valence-electron chi connectivity index (χ2n) is 10.00. The van der Waals surface area contributed by atoms with Crippen molar-refractivity contribution >= 4 is 35.0 Å². The van der Waals surface area contributed by atoms with Crippen molar-refractivity contribution in [2.75, 3.05) is 33.2 Å². The number of nitrogens with one attached hydrogen (secondary N) is 1. The highest BCUT2D eigenvalue weighted by atomic mass is 32.1. The van der Waals surface area contributed by atoms with Gasteiger partial charge in [-0.3, -0.25) is 19.3 Å². The van der Waals surface area contributed by atoms with Crippen LogP contribution in [-0.2, 0) is 4.79 Å². The Morgan fingerprint density at radius 1 is 1.18 bits per heavy atom. The number of carbonyl (C=O) groups is 4. The van der Waals surface area contributed by atoms with Crippen LogP contribution in [0.5, 0.6) is 0 Å². The molecule has 0 radical (unpaired) electrons. The summed E-state index contributed by atoms with van der Waals surface area (Å²) in [5, 5.41) is 4.84. The van der Waals surface area contributed by atoms with Gasteiger partial charge in [-0.15, -0.1) is 11.3 Å². The number of Topliss-reactive ketones (excluding diaryl/α,β-unsaturated/α-hetero) is 1. The van der Waals surface area contributed by atoms with Crippen LogP contribution in [0.2, 0.25) is 0 Å². The van der Waals surface area contributed by atoms with E-state index < -0.39 is 5.54 Å². The largest absolute Gasteiger partial charge is 0.339 e. The van der Waals surface area contributed by atoms with Crippen LogP contribution >= 0.6 is 11.3 Å². The first-order valence-corrected chi connectivity index (χ1v) is 13.4. The van der Waals surface area contributed by atoms with Crippen molar-refractivity contribution in [2.45, 2.75) is 70.4 Å². The molecular formula is C25H36N4O4S. The lowest BCUT2D eigenvalue weighted by Gasteiger charge is -2.41. The number of nitrogens with zero attached hydrogens (tertiary/aromatic N) is 3. The first-order valence-electron chi connectivity index (χ1n) is 12.5. The number of ketones is 1. The Bertz CT molecular complexity index is 954. The number of imide groups is 1. The first-order chi connectivity index (χ1) is 16.3. The lowest BCUT2D eigenvalue weighted by atomic mass is 9.74. The first kappa shape index (κ1) is 24.9. The Hall–Kier alpha value is -2.26. The minimum atomic E-state index is -0.868. The molecule has 3 fully saturated rings. The van der Waals surface area contributed by atoms with E-state index in [1.807, 2.05) is 6.92 Å². The third-order valence-corrected chi connectivity index (χ3v) is 8.91. The number of likely N-dealkylation sites (tertiary alicyclic amines) is 2. The summed E-state index contributed by atoms with van der Waals surface area (Å²) < 4.78 is 0. The Kier molecular flexibility index (Phi) is 7.42. The lowest BCUT2D eigenvalue weighted by molar-refractivity contribution is -0.134. The van der Waals surface area contributed by atoms with Gasteiger partial charge in [0.15, 0.2) is 5.78 Å². The van der Waals surface area contributed by atoms with E-state index in [9.17, 15) is 19.2 Å². The van der Waals surface area contributed by atoms with Gasteiger partial charge in [-0.05, 0) is 71.0 Å². The van der Waals surface area contributed by atoms with Crippen LogP contribution < -0.4 is 5.32 Å². The Balaban J connectivity index is 1.41. The number of urea groups is 1. The molecule has 0 unspecified atom stereocenters. The number of amides is 4. The van der Waals surface area contributed by atoms with Gasteiger partial charge in [0.25, 0.3) is 11.8 Å². The van der Waals surface area contributed by atoms with Crippen molar-refractivity contribution in [3.63, 3.8) is 0 Å². The van der Waals surface area contributed by atoms with Crippen molar-refractivity contribution in [2.24, 2.45) is 5.92 Å². The van der Waals surface area contributed by atoms with Gasteiger partial charge in [0.05, 0.1) is 10.4 Å². The highest BCUT2D eigenvalue weighted by Gasteiger charge is 2.55. The predicted molar refractivity (Wildman–Crippen MR) is 131 cm³/mol. The summed E-state index contributed by atoms with van der Waals surface area (Å²) in [4.78, 5) is 57.2. The Labute approximate surface area is 205 Å². The fraction of sp³-hybridized carbons (Fsp3) is 0.680. The fourth-order valence-electron chi connectivity index (χ4n) is 5.91. The van der Waals surface area contributed by atoms with Gasteiger partial charge in [-0.25, -0.2) is 4.79 Å². The molecule has 0 spiro atoms. The number of piperidine rings is 1. The van der Waals surface area contributed by atoms with Crippen LogP contribution in [0.15, 0.2) is 11.4 Å². The summed E-state index contributed by atoms with van der Waals surface area (Å²) in [5.74, 6) is -0.198. The molecule has 3 aliphatic rings. The molecule has 0 aromatic carbocycles. The minimum Gasteiger partial charge on any atom is -0.339 e. The predicted octanol–water partition coefficient (Wildman–Crippen LogP) is 3.38. The molecule has 186 valence electrons. The van der Waals surface area contributed by atoms with Crippen LogP contribution in [0.3, 0.4) is 0 Å². The van der Waals surface area contributed by atoms with Crippen LogP contribution in [0.4, 0.5) is 4.79 Å². The second kappa shape index (κ2) is 10.2. The summed E-state index contributed by atoms with van der Waals surface area (Å²) in [5.41, 5.74) is -0.322. The summed E-state index contributed by atoms with van der Waals surface area (Å²) >= 11 is 1.29. The summed E-state index contributed by atoms with van der Waals surface area (Å²) in [6.45, 7) is 6.15. The molecule has 2 atom stereocenters. The molecule has 0 saturated carbocycles. The van der Waals surface area contributed by atoms with Gasteiger partial charge < -0.3 is 15.1 Å². The summed E-state index contributed by atoms with van der Waals surface area (Å²) in [6, 6.07) is 1.82. The normalized spacial score (nSPS) is 26.4. The number of hydrogen-bond acceptors (Lipinski definition) is 6. The molecule has 4 amide bonds. The lowest BCUT2D eigenvalue weighted by Crippen LogP contribution is -2.56. The molecule has 0 aliphatic carbocycles. The highest BCUT2D eigenvalue weighted by Crippen LogP contribution is 2.38. The van der Waals surface area contributed by atoms with E-state index in [0.29, 0.717) is 55.4 Å². The molecule has 1 aromatic rings. The molecule has 8 nitrogen and oxygen atoms in total. The van der Waals surface area contributed by atoms with Gasteiger partial charge in [0.2, 0.25) is 0 Å². The molecule has 34 heavy (non-hydrogen) atoms. The van der Waals surface area contributed by atoms with Gasteiger partial charge >= 0.3 is 6.03 Å². The van der Waals surface area contributed by atoms with Crippen molar-refractivity contribution in [3.05, 3.63) is 21.9 Å². The molecule has 3 aliphatic heterocycles. The van der Waals surface area contributed by atoms with Crippen LogP contribution in [0.1, 0.15) is 78.8 Å². The smallest absolute Gasteiger partial charge is 0.325 e. The van der Waals surface area contributed by atoms with Gasteiger partial charge in [0.1, 0.15) is 5.54 Å². The molecule has 3 saturated heterocycles. The minimum absolute atomic E-state index is 0.00218. The number of carbonyl (C=O) groups excluding carboxylic acids is 4. The standard InChI is InChI=1S/C25H36N4O4S/c1-4-10-25(23(32)29(24(33)26-25)14-9-20-6-5-11-27(20)3)19-7-12-28(13-8-19)22(31)18-15-21(17(2)30)34-16-18/h15-16,19-20H,4-14H2,1-3H3,(H,26,33)/t20-,25+/m1/s1. The van der Waals surface area contributed by atoms with E-state index >= 15 is 0 Å². The maximum Gasteiger partial charge on any atom is 0.325 e. The monoisotopic (exact) mass is 488 g/mol. The number of thiophene rings is 1. The third-order valence-electron chi connectivity index (χ3n) is 7.88. The van der Waals surface area contributed by atoms with Crippen LogP contribution in [0, 0.1) is 5.92 Å².